The SMILES string of the molecule is Nc1cc(Cl)cnc1NCC1(O)CCCCCC1. The number of aliphatic hydroxyl groups is 1. The van der Waals surface area contributed by atoms with Gasteiger partial charge in [-0.15, -0.1) is 0 Å². The second-order valence-corrected chi connectivity index (χ2v) is 5.52. The molecule has 5 heteroatoms. The van der Waals surface area contributed by atoms with Crippen LogP contribution in [0.3, 0.4) is 0 Å². The van der Waals surface area contributed by atoms with Gasteiger partial charge in [0.15, 0.2) is 0 Å². The zero-order chi connectivity index (χ0) is 13.0. The molecule has 4 N–H and O–H groups in total. The third-order valence-electron chi connectivity index (χ3n) is 3.50. The number of hydrogen-bond acceptors (Lipinski definition) is 4. The quantitative estimate of drug-likeness (QED) is 0.738. The molecule has 4 nitrogen and oxygen atoms in total. The van der Waals surface area contributed by atoms with Crippen molar-refractivity contribution in [1.82, 2.24) is 4.98 Å². The molecule has 0 unspecified atom stereocenters. The summed E-state index contributed by atoms with van der Waals surface area (Å²) in [6, 6.07) is 1.66. The first-order chi connectivity index (χ1) is 8.59. The van der Waals surface area contributed by atoms with E-state index in [0.29, 0.717) is 23.1 Å². The number of nitrogen functional groups attached to an aromatic ring is 1. The summed E-state index contributed by atoms with van der Waals surface area (Å²) in [5.74, 6) is 0.595. The fourth-order valence-electron chi connectivity index (χ4n) is 2.41. The molecule has 1 aliphatic carbocycles. The lowest BCUT2D eigenvalue weighted by Crippen LogP contribution is -2.36. The molecular formula is C13H20ClN3O. The van der Waals surface area contributed by atoms with E-state index in [1.54, 1.807) is 12.3 Å². The lowest BCUT2D eigenvalue weighted by Gasteiger charge is -2.27. The van der Waals surface area contributed by atoms with Crippen molar-refractivity contribution in [3.8, 4) is 0 Å². The van der Waals surface area contributed by atoms with Crippen LogP contribution in [0, 0.1) is 0 Å². The second-order valence-electron chi connectivity index (χ2n) is 5.08. The number of pyridine rings is 1. The van der Waals surface area contributed by atoms with Crippen LogP contribution in [-0.2, 0) is 0 Å². The van der Waals surface area contributed by atoms with Crippen molar-refractivity contribution in [2.75, 3.05) is 17.6 Å². The molecule has 1 heterocycles. The number of anilines is 2. The maximum atomic E-state index is 10.5. The Balaban J connectivity index is 1.97. The van der Waals surface area contributed by atoms with Crippen molar-refractivity contribution in [3.63, 3.8) is 0 Å². The molecule has 0 bridgehead atoms. The number of hydrogen-bond donors (Lipinski definition) is 3. The molecule has 0 spiro atoms. The average molecular weight is 270 g/mol. The lowest BCUT2D eigenvalue weighted by molar-refractivity contribution is 0.0381. The molecule has 0 radical (unpaired) electrons. The minimum Gasteiger partial charge on any atom is -0.396 e. The van der Waals surface area contributed by atoms with Crippen molar-refractivity contribution in [1.29, 1.82) is 0 Å². The molecule has 0 amide bonds. The highest BCUT2D eigenvalue weighted by molar-refractivity contribution is 6.30. The molecule has 1 aliphatic rings. The minimum absolute atomic E-state index is 0.492. The van der Waals surface area contributed by atoms with E-state index < -0.39 is 5.60 Å². The average Bonchev–Trinajstić information content (AvgIpc) is 2.54. The van der Waals surface area contributed by atoms with Gasteiger partial charge in [-0.2, -0.15) is 0 Å². The van der Waals surface area contributed by atoms with Gasteiger partial charge in [-0.1, -0.05) is 37.3 Å². The van der Waals surface area contributed by atoms with Crippen LogP contribution in [0.1, 0.15) is 38.5 Å². The predicted molar refractivity (Wildman–Crippen MR) is 74.8 cm³/mol. The molecule has 0 atom stereocenters. The summed E-state index contributed by atoms with van der Waals surface area (Å²) in [4.78, 5) is 4.14. The number of nitrogens with zero attached hydrogens (tertiary/aromatic N) is 1. The smallest absolute Gasteiger partial charge is 0.149 e. The van der Waals surface area contributed by atoms with Gasteiger partial charge < -0.3 is 16.2 Å². The standard InChI is InChI=1S/C13H20ClN3O/c14-10-7-11(15)12(16-8-10)17-9-13(18)5-3-1-2-4-6-13/h7-8,18H,1-6,9,15H2,(H,16,17). The van der Waals surface area contributed by atoms with Crippen LogP contribution >= 0.6 is 11.6 Å². The number of aromatic nitrogens is 1. The van der Waals surface area contributed by atoms with Crippen LogP contribution in [0.15, 0.2) is 12.3 Å². The maximum absolute atomic E-state index is 10.5. The maximum Gasteiger partial charge on any atom is 0.149 e. The summed E-state index contributed by atoms with van der Waals surface area (Å²) in [6.45, 7) is 0.492. The highest BCUT2D eigenvalue weighted by atomic mass is 35.5. The summed E-state index contributed by atoms with van der Waals surface area (Å²) in [7, 11) is 0. The zero-order valence-corrected chi connectivity index (χ0v) is 11.2. The largest absolute Gasteiger partial charge is 0.396 e. The first-order valence-corrected chi connectivity index (χ1v) is 6.84. The molecule has 0 aromatic carbocycles. The Labute approximate surface area is 113 Å². The fraction of sp³-hybridized carbons (Fsp3) is 0.615. The summed E-state index contributed by atoms with van der Waals surface area (Å²) >= 11 is 5.80. The molecule has 2 rings (SSSR count). The molecule has 0 aliphatic heterocycles. The third kappa shape index (κ3) is 3.50. The van der Waals surface area contributed by atoms with Crippen molar-refractivity contribution in [3.05, 3.63) is 17.3 Å². The third-order valence-corrected chi connectivity index (χ3v) is 3.71. The van der Waals surface area contributed by atoms with E-state index in [-0.39, 0.29) is 0 Å². The van der Waals surface area contributed by atoms with E-state index in [1.165, 1.54) is 12.8 Å². The Kier molecular flexibility index (Phi) is 4.30. The highest BCUT2D eigenvalue weighted by Crippen LogP contribution is 2.28. The summed E-state index contributed by atoms with van der Waals surface area (Å²) in [5.41, 5.74) is 5.70. The van der Waals surface area contributed by atoms with Crippen LogP contribution in [-0.4, -0.2) is 22.2 Å². The highest BCUT2D eigenvalue weighted by Gasteiger charge is 2.27. The molecule has 0 saturated heterocycles. The van der Waals surface area contributed by atoms with Crippen LogP contribution < -0.4 is 11.1 Å². The van der Waals surface area contributed by atoms with Crippen molar-refractivity contribution in [2.24, 2.45) is 0 Å². The number of rotatable bonds is 3. The fourth-order valence-corrected chi connectivity index (χ4v) is 2.58. The van der Waals surface area contributed by atoms with Crippen molar-refractivity contribution >= 4 is 23.1 Å². The molecule has 1 aromatic heterocycles. The molecule has 100 valence electrons. The Morgan fingerprint density at radius 2 is 2.00 bits per heavy atom. The van der Waals surface area contributed by atoms with E-state index in [4.69, 9.17) is 17.3 Å². The number of nitrogens with two attached hydrogens (primary N) is 1. The van der Waals surface area contributed by atoms with Crippen LogP contribution in [0.5, 0.6) is 0 Å². The zero-order valence-electron chi connectivity index (χ0n) is 10.5. The summed E-state index contributed by atoms with van der Waals surface area (Å²) in [5, 5.41) is 14.2. The van der Waals surface area contributed by atoms with E-state index in [2.05, 4.69) is 10.3 Å². The first kappa shape index (κ1) is 13.4. The molecule has 18 heavy (non-hydrogen) atoms. The van der Waals surface area contributed by atoms with Gasteiger partial charge in [-0.3, -0.25) is 0 Å². The lowest BCUT2D eigenvalue weighted by atomic mass is 9.94. The van der Waals surface area contributed by atoms with Gasteiger partial charge in [-0.25, -0.2) is 4.98 Å². The summed E-state index contributed by atoms with van der Waals surface area (Å²) < 4.78 is 0. The Bertz CT molecular complexity index is 403. The van der Waals surface area contributed by atoms with Crippen LogP contribution in [0.2, 0.25) is 5.02 Å². The first-order valence-electron chi connectivity index (χ1n) is 6.46. The molecule has 1 fully saturated rings. The Morgan fingerprint density at radius 3 is 2.61 bits per heavy atom. The number of nitrogens with one attached hydrogen (secondary N) is 1. The summed E-state index contributed by atoms with van der Waals surface area (Å²) in [6.07, 6.45) is 7.83. The topological polar surface area (TPSA) is 71.2 Å². The van der Waals surface area contributed by atoms with Crippen LogP contribution in [0.25, 0.3) is 0 Å². The molecule has 1 aromatic rings. The number of halogens is 1. The van der Waals surface area contributed by atoms with E-state index in [0.717, 1.165) is 25.7 Å². The van der Waals surface area contributed by atoms with Gasteiger partial charge in [0.1, 0.15) is 5.82 Å². The van der Waals surface area contributed by atoms with Gasteiger partial charge in [0.25, 0.3) is 0 Å². The molecule has 1 saturated carbocycles. The van der Waals surface area contributed by atoms with Crippen molar-refractivity contribution < 1.29 is 5.11 Å². The predicted octanol–water partition coefficient (Wildman–Crippen LogP) is 2.81. The second kappa shape index (κ2) is 5.76. The van der Waals surface area contributed by atoms with E-state index in [1.807, 2.05) is 0 Å². The molecular weight excluding hydrogens is 250 g/mol. The van der Waals surface area contributed by atoms with E-state index in [9.17, 15) is 5.11 Å². The van der Waals surface area contributed by atoms with Gasteiger partial charge in [0.05, 0.1) is 16.3 Å². The monoisotopic (exact) mass is 269 g/mol. The Hall–Kier alpha value is -1.00. The van der Waals surface area contributed by atoms with Gasteiger partial charge in [-0.05, 0) is 18.9 Å². The van der Waals surface area contributed by atoms with Gasteiger partial charge >= 0.3 is 0 Å². The normalized spacial score (nSPS) is 19.2. The van der Waals surface area contributed by atoms with E-state index >= 15 is 0 Å². The van der Waals surface area contributed by atoms with Crippen molar-refractivity contribution in [2.45, 2.75) is 44.1 Å². The Morgan fingerprint density at radius 1 is 1.33 bits per heavy atom. The van der Waals surface area contributed by atoms with Gasteiger partial charge in [0, 0.05) is 12.7 Å². The minimum atomic E-state index is -0.635. The van der Waals surface area contributed by atoms with Gasteiger partial charge in [0.2, 0.25) is 0 Å². The van der Waals surface area contributed by atoms with Crippen LogP contribution in [0.4, 0.5) is 11.5 Å².